The van der Waals surface area contributed by atoms with Crippen LogP contribution in [-0.2, 0) is 15.8 Å². The van der Waals surface area contributed by atoms with Gasteiger partial charge in [0.2, 0.25) is 5.91 Å². The average molecular weight is 558 g/mol. The summed E-state index contributed by atoms with van der Waals surface area (Å²) in [7, 11) is 0. The van der Waals surface area contributed by atoms with Crippen LogP contribution in [0.15, 0.2) is 36.5 Å². The molecule has 0 radical (unpaired) electrons. The molecule has 3 fully saturated rings. The highest BCUT2D eigenvalue weighted by Crippen LogP contribution is 2.48. The second-order valence-corrected chi connectivity index (χ2v) is 10.3. The number of pyridine rings is 1. The van der Waals surface area contributed by atoms with Gasteiger partial charge in [-0.05, 0) is 61.8 Å². The summed E-state index contributed by atoms with van der Waals surface area (Å²) in [5, 5.41) is 9.14. The molecule has 204 valence electrons. The van der Waals surface area contributed by atoms with Gasteiger partial charge in [0.15, 0.2) is 10.8 Å². The maximum absolute atomic E-state index is 13.6. The van der Waals surface area contributed by atoms with Gasteiger partial charge in [-0.2, -0.15) is 18.4 Å². The molecule has 1 saturated carbocycles. The Labute approximate surface area is 228 Å². The summed E-state index contributed by atoms with van der Waals surface area (Å²) in [6.45, 7) is 3.15. The van der Waals surface area contributed by atoms with Gasteiger partial charge in [-0.25, -0.2) is 4.98 Å². The van der Waals surface area contributed by atoms with Crippen molar-refractivity contribution in [1.29, 1.82) is 5.26 Å². The minimum absolute atomic E-state index is 0.0219. The fourth-order valence-electron chi connectivity index (χ4n) is 5.40. The topological polar surface area (TPSA) is 89.8 Å². The van der Waals surface area contributed by atoms with E-state index >= 15 is 0 Å². The van der Waals surface area contributed by atoms with Crippen LogP contribution in [0.2, 0.25) is 0 Å². The van der Waals surface area contributed by atoms with Crippen molar-refractivity contribution in [2.24, 2.45) is 0 Å². The SMILES string of the molecule is CCC(=O)N1CCC(Oc2ccc(N3C(=S)N(c4cnc(C#N)c(C(F)(F)F)c4)C(=O)C34CCC4)cc2)CC1. The van der Waals surface area contributed by atoms with E-state index in [1.165, 1.54) is 6.07 Å². The number of aromatic nitrogens is 1. The lowest BCUT2D eigenvalue weighted by Crippen LogP contribution is -2.55. The Morgan fingerprint density at radius 3 is 2.41 bits per heavy atom. The van der Waals surface area contributed by atoms with E-state index in [0.717, 1.165) is 36.4 Å². The quantitative estimate of drug-likeness (QED) is 0.488. The van der Waals surface area contributed by atoms with E-state index in [4.69, 9.17) is 22.2 Å². The third kappa shape index (κ3) is 4.69. The van der Waals surface area contributed by atoms with Crippen molar-refractivity contribution in [2.45, 2.75) is 63.3 Å². The number of hydrogen-bond acceptors (Lipinski definition) is 6. The second-order valence-electron chi connectivity index (χ2n) is 9.89. The number of piperidine rings is 1. The Bertz CT molecular complexity index is 1350. The van der Waals surface area contributed by atoms with Gasteiger partial charge in [-0.1, -0.05) is 6.92 Å². The third-order valence-corrected chi connectivity index (χ3v) is 8.00. The molecule has 3 heterocycles. The zero-order valence-corrected chi connectivity index (χ0v) is 22.0. The molecule has 0 bridgehead atoms. The molecule has 1 aromatic carbocycles. The molecule has 39 heavy (non-hydrogen) atoms. The van der Waals surface area contributed by atoms with Gasteiger partial charge in [0.05, 0.1) is 17.4 Å². The molecule has 2 saturated heterocycles. The summed E-state index contributed by atoms with van der Waals surface area (Å²) < 4.78 is 46.9. The Morgan fingerprint density at radius 2 is 1.87 bits per heavy atom. The van der Waals surface area contributed by atoms with Gasteiger partial charge in [0, 0.05) is 38.0 Å². The van der Waals surface area contributed by atoms with Crippen LogP contribution in [0.1, 0.15) is 56.7 Å². The van der Waals surface area contributed by atoms with Crippen molar-refractivity contribution in [3.63, 3.8) is 0 Å². The number of alkyl halides is 3. The number of thiocarbonyl (C=S) groups is 1. The minimum atomic E-state index is -4.82. The molecule has 2 aliphatic heterocycles. The van der Waals surface area contributed by atoms with E-state index in [2.05, 4.69) is 4.98 Å². The van der Waals surface area contributed by atoms with Gasteiger partial charge in [-0.15, -0.1) is 0 Å². The predicted octanol–water partition coefficient (Wildman–Crippen LogP) is 4.81. The summed E-state index contributed by atoms with van der Waals surface area (Å²) in [5.74, 6) is 0.368. The number of carbonyl (C=O) groups is 2. The van der Waals surface area contributed by atoms with Gasteiger partial charge < -0.3 is 14.5 Å². The van der Waals surface area contributed by atoms with E-state index in [1.54, 1.807) is 29.2 Å². The van der Waals surface area contributed by atoms with Crippen LogP contribution in [0, 0.1) is 11.3 Å². The number of nitrogens with zero attached hydrogens (tertiary/aromatic N) is 5. The highest BCUT2D eigenvalue weighted by atomic mass is 32.1. The maximum Gasteiger partial charge on any atom is 0.419 e. The fourth-order valence-corrected chi connectivity index (χ4v) is 5.87. The number of carbonyl (C=O) groups excluding carboxylic acids is 2. The second kappa shape index (κ2) is 10.1. The first-order chi connectivity index (χ1) is 18.6. The monoisotopic (exact) mass is 557 g/mol. The van der Waals surface area contributed by atoms with E-state index < -0.39 is 28.9 Å². The smallest absolute Gasteiger partial charge is 0.419 e. The predicted molar refractivity (Wildman–Crippen MR) is 140 cm³/mol. The highest BCUT2D eigenvalue weighted by molar-refractivity contribution is 7.81. The Kier molecular flexibility index (Phi) is 6.97. The fraction of sp³-hybridized carbons (Fsp3) is 0.444. The van der Waals surface area contributed by atoms with Crippen molar-refractivity contribution >= 4 is 40.5 Å². The summed E-state index contributed by atoms with van der Waals surface area (Å²) in [6.07, 6.45) is -0.0300. The van der Waals surface area contributed by atoms with Crippen molar-refractivity contribution in [3.05, 3.63) is 47.8 Å². The number of hydrogen-bond donors (Lipinski definition) is 0. The molecule has 1 aliphatic carbocycles. The van der Waals surface area contributed by atoms with Crippen molar-refractivity contribution in [3.8, 4) is 11.8 Å². The Balaban J connectivity index is 1.37. The zero-order chi connectivity index (χ0) is 27.9. The number of amides is 2. The summed E-state index contributed by atoms with van der Waals surface area (Å²) in [5.41, 5.74) is -2.46. The molecule has 1 spiro atoms. The van der Waals surface area contributed by atoms with E-state index in [0.29, 0.717) is 43.8 Å². The average Bonchev–Trinajstić information content (AvgIpc) is 3.14. The molecule has 1 aromatic heterocycles. The number of nitriles is 1. The number of rotatable bonds is 5. The molecule has 0 N–H and O–H groups in total. The maximum atomic E-state index is 13.6. The first-order valence-corrected chi connectivity index (χ1v) is 13.2. The van der Waals surface area contributed by atoms with E-state index in [9.17, 15) is 22.8 Å². The van der Waals surface area contributed by atoms with Crippen LogP contribution < -0.4 is 14.5 Å². The number of anilines is 2. The molecular formula is C27H26F3N5O3S. The Morgan fingerprint density at radius 1 is 1.21 bits per heavy atom. The molecule has 12 heteroatoms. The third-order valence-electron chi connectivity index (χ3n) is 7.63. The number of halogens is 3. The lowest BCUT2D eigenvalue weighted by Gasteiger charge is -2.43. The molecule has 3 aliphatic rings. The van der Waals surface area contributed by atoms with Crippen molar-refractivity contribution in [1.82, 2.24) is 9.88 Å². The van der Waals surface area contributed by atoms with Gasteiger partial charge in [0.1, 0.15) is 23.5 Å². The summed E-state index contributed by atoms with van der Waals surface area (Å²) in [4.78, 5) is 33.8. The largest absolute Gasteiger partial charge is 0.490 e. The normalized spacial score (nSPS) is 19.3. The van der Waals surface area contributed by atoms with Gasteiger partial charge >= 0.3 is 6.18 Å². The first-order valence-electron chi connectivity index (χ1n) is 12.8. The Hall–Kier alpha value is -3.72. The lowest BCUT2D eigenvalue weighted by atomic mass is 9.75. The van der Waals surface area contributed by atoms with Crippen LogP contribution >= 0.6 is 12.2 Å². The standard InChI is InChI=1S/C27H26F3N5O3S/c1-2-23(36)33-12-8-20(9-13-33)38-19-6-4-17(5-7-19)35-25(39)34(24(37)26(35)10-3-11-26)18-14-21(27(28,29)30)22(15-31)32-16-18/h4-7,14,16,20H,2-3,8-13H2,1H3. The van der Waals surface area contributed by atoms with E-state index in [-0.39, 0.29) is 22.8 Å². The highest BCUT2D eigenvalue weighted by Gasteiger charge is 2.59. The van der Waals surface area contributed by atoms with Crippen molar-refractivity contribution in [2.75, 3.05) is 22.9 Å². The van der Waals surface area contributed by atoms with Gasteiger partial charge in [-0.3, -0.25) is 14.5 Å². The molecule has 0 atom stereocenters. The van der Waals surface area contributed by atoms with Crippen LogP contribution in [0.25, 0.3) is 0 Å². The molecule has 2 aromatic rings. The minimum Gasteiger partial charge on any atom is -0.490 e. The lowest BCUT2D eigenvalue weighted by molar-refractivity contribution is -0.138. The zero-order valence-electron chi connectivity index (χ0n) is 21.2. The van der Waals surface area contributed by atoms with Gasteiger partial charge in [0.25, 0.3) is 5.91 Å². The van der Waals surface area contributed by atoms with Crippen LogP contribution in [0.3, 0.4) is 0 Å². The van der Waals surface area contributed by atoms with Crippen LogP contribution in [0.4, 0.5) is 24.5 Å². The number of likely N-dealkylation sites (tertiary alicyclic amines) is 1. The van der Waals surface area contributed by atoms with Crippen LogP contribution in [-0.4, -0.2) is 51.5 Å². The summed E-state index contributed by atoms with van der Waals surface area (Å²) in [6, 6.07) is 9.34. The number of benzene rings is 1. The van der Waals surface area contributed by atoms with Crippen LogP contribution in [0.5, 0.6) is 5.75 Å². The van der Waals surface area contributed by atoms with E-state index in [1.807, 2.05) is 11.8 Å². The molecular weight excluding hydrogens is 531 g/mol. The molecule has 5 rings (SSSR count). The molecule has 2 amide bonds. The summed E-state index contributed by atoms with van der Waals surface area (Å²) >= 11 is 5.65. The number of ether oxygens (including phenoxy) is 1. The van der Waals surface area contributed by atoms with Crippen molar-refractivity contribution < 1.29 is 27.5 Å². The molecule has 8 nitrogen and oxygen atoms in total. The first kappa shape index (κ1) is 26.9. The molecule has 0 unspecified atom stereocenters.